The Bertz CT molecular complexity index is 849. The number of hydrogen-bond donors (Lipinski definition) is 1. The van der Waals surface area contributed by atoms with Crippen LogP contribution in [0.5, 0.6) is 0 Å². The van der Waals surface area contributed by atoms with Gasteiger partial charge in [0.1, 0.15) is 5.76 Å². The molecule has 1 aliphatic rings. The first-order valence-corrected chi connectivity index (χ1v) is 8.50. The van der Waals surface area contributed by atoms with Crippen molar-refractivity contribution < 1.29 is 9.21 Å². The summed E-state index contributed by atoms with van der Waals surface area (Å²) in [5, 5.41) is 0. The molecule has 128 valence electrons. The monoisotopic (exact) mass is 336 g/mol. The van der Waals surface area contributed by atoms with E-state index in [1.807, 2.05) is 35.2 Å². The van der Waals surface area contributed by atoms with Crippen molar-refractivity contribution in [3.05, 3.63) is 54.5 Å². The third-order valence-electron chi connectivity index (χ3n) is 4.42. The Kier molecular flexibility index (Phi) is 4.24. The Labute approximate surface area is 145 Å². The highest BCUT2D eigenvalue weighted by molar-refractivity contribution is 5.91. The molecule has 1 fully saturated rings. The Morgan fingerprint density at radius 2 is 2.04 bits per heavy atom. The number of para-hydroxylation sites is 2. The van der Waals surface area contributed by atoms with Crippen LogP contribution in [0.3, 0.4) is 0 Å². The lowest BCUT2D eigenvalue weighted by molar-refractivity contribution is -0.125. The number of H-pyrrole nitrogens is 1. The predicted octanol–water partition coefficient (Wildman–Crippen LogP) is 2.91. The predicted molar refractivity (Wildman–Crippen MR) is 97.2 cm³/mol. The van der Waals surface area contributed by atoms with E-state index in [1.54, 1.807) is 24.5 Å². The highest BCUT2D eigenvalue weighted by atomic mass is 16.3. The Hall–Kier alpha value is -3.02. The first-order chi connectivity index (χ1) is 12.3. The molecule has 0 radical (unpaired) electrons. The van der Waals surface area contributed by atoms with Crippen molar-refractivity contribution in [1.29, 1.82) is 0 Å². The van der Waals surface area contributed by atoms with Crippen molar-refractivity contribution in [3.8, 4) is 0 Å². The van der Waals surface area contributed by atoms with Gasteiger partial charge in [-0.2, -0.15) is 0 Å². The lowest BCUT2D eigenvalue weighted by Gasteiger charge is -2.20. The molecule has 0 saturated carbocycles. The van der Waals surface area contributed by atoms with Gasteiger partial charge < -0.3 is 19.2 Å². The summed E-state index contributed by atoms with van der Waals surface area (Å²) in [5.41, 5.74) is 2.01. The number of carbonyl (C=O) groups is 1. The molecule has 6 nitrogen and oxygen atoms in total. The molecule has 4 rings (SSSR count). The van der Waals surface area contributed by atoms with Crippen LogP contribution < -0.4 is 4.90 Å². The number of imidazole rings is 1. The first kappa shape index (κ1) is 15.5. The second-order valence-electron chi connectivity index (χ2n) is 6.09. The maximum atomic E-state index is 12.4. The molecule has 3 aromatic rings. The number of hydrogen-bond acceptors (Lipinski definition) is 4. The summed E-state index contributed by atoms with van der Waals surface area (Å²) in [7, 11) is 0. The Morgan fingerprint density at radius 1 is 1.12 bits per heavy atom. The molecule has 25 heavy (non-hydrogen) atoms. The topological polar surface area (TPSA) is 65.4 Å². The molecule has 3 heterocycles. The summed E-state index contributed by atoms with van der Waals surface area (Å²) < 4.78 is 5.22. The number of fused-ring (bicyclic) bond motifs is 1. The van der Waals surface area contributed by atoms with Gasteiger partial charge in [-0.25, -0.2) is 4.98 Å². The first-order valence-electron chi connectivity index (χ1n) is 8.50. The molecule has 6 heteroatoms. The lowest BCUT2D eigenvalue weighted by Crippen LogP contribution is -2.34. The number of aromatic nitrogens is 2. The van der Waals surface area contributed by atoms with Crippen LogP contribution in [0.15, 0.2) is 53.2 Å². The zero-order valence-corrected chi connectivity index (χ0v) is 13.9. The second kappa shape index (κ2) is 6.84. The van der Waals surface area contributed by atoms with Crippen LogP contribution in [0, 0.1) is 0 Å². The van der Waals surface area contributed by atoms with E-state index in [0.29, 0.717) is 12.3 Å². The smallest absolute Gasteiger partial charge is 0.246 e. The second-order valence-corrected chi connectivity index (χ2v) is 6.09. The Balaban J connectivity index is 1.42. The van der Waals surface area contributed by atoms with E-state index in [4.69, 9.17) is 4.42 Å². The van der Waals surface area contributed by atoms with Crippen LogP contribution in [0.25, 0.3) is 17.1 Å². The number of nitrogens with zero attached hydrogens (tertiary/aromatic N) is 3. The quantitative estimate of drug-likeness (QED) is 0.747. The maximum absolute atomic E-state index is 12.4. The van der Waals surface area contributed by atoms with Crippen molar-refractivity contribution in [1.82, 2.24) is 14.9 Å². The molecule has 1 aliphatic heterocycles. The van der Waals surface area contributed by atoms with Gasteiger partial charge in [0.05, 0.1) is 17.3 Å². The lowest BCUT2D eigenvalue weighted by atomic mass is 10.3. The summed E-state index contributed by atoms with van der Waals surface area (Å²) in [6.07, 6.45) is 5.80. The van der Waals surface area contributed by atoms with Gasteiger partial charge in [-0.05, 0) is 36.8 Å². The molecular formula is C19H20N4O2. The fraction of sp³-hybridized carbons (Fsp3) is 0.263. The minimum atomic E-state index is 0.0165. The van der Waals surface area contributed by atoms with Crippen molar-refractivity contribution in [2.75, 3.05) is 31.1 Å². The molecule has 1 aromatic carbocycles. The summed E-state index contributed by atoms with van der Waals surface area (Å²) >= 11 is 0. The van der Waals surface area contributed by atoms with E-state index in [9.17, 15) is 4.79 Å². The number of aromatic amines is 1. The summed E-state index contributed by atoms with van der Waals surface area (Å²) in [5.74, 6) is 1.58. The highest BCUT2D eigenvalue weighted by Crippen LogP contribution is 2.18. The van der Waals surface area contributed by atoms with Crippen LogP contribution in [-0.4, -0.2) is 47.0 Å². The number of benzene rings is 1. The van der Waals surface area contributed by atoms with Gasteiger partial charge in [0.25, 0.3) is 0 Å². The van der Waals surface area contributed by atoms with Crippen molar-refractivity contribution in [3.63, 3.8) is 0 Å². The molecule has 1 N–H and O–H groups in total. The molecule has 2 aromatic heterocycles. The van der Waals surface area contributed by atoms with E-state index in [2.05, 4.69) is 14.9 Å². The molecule has 0 aliphatic carbocycles. The molecular weight excluding hydrogens is 316 g/mol. The SMILES string of the molecule is O=C(C=Cc1ccco1)N1CCCN(c2nc3ccccc3[nH]2)CC1. The van der Waals surface area contributed by atoms with Gasteiger partial charge in [-0.15, -0.1) is 0 Å². The molecule has 1 amide bonds. The van der Waals surface area contributed by atoms with Gasteiger partial charge in [-0.1, -0.05) is 12.1 Å². The third kappa shape index (κ3) is 3.42. The minimum Gasteiger partial charge on any atom is -0.465 e. The van der Waals surface area contributed by atoms with E-state index in [0.717, 1.165) is 43.0 Å². The summed E-state index contributed by atoms with van der Waals surface area (Å²) in [4.78, 5) is 24.5. The van der Waals surface area contributed by atoms with Crippen molar-refractivity contribution in [2.24, 2.45) is 0 Å². The molecule has 1 saturated heterocycles. The number of carbonyl (C=O) groups excluding carboxylic acids is 1. The van der Waals surface area contributed by atoms with E-state index < -0.39 is 0 Å². The van der Waals surface area contributed by atoms with Crippen LogP contribution in [0.1, 0.15) is 12.2 Å². The fourth-order valence-corrected chi connectivity index (χ4v) is 3.08. The molecule has 0 bridgehead atoms. The highest BCUT2D eigenvalue weighted by Gasteiger charge is 2.19. The zero-order valence-electron chi connectivity index (χ0n) is 13.9. The zero-order chi connectivity index (χ0) is 17.1. The van der Waals surface area contributed by atoms with Gasteiger partial charge in [0.2, 0.25) is 11.9 Å². The largest absolute Gasteiger partial charge is 0.465 e. The number of amides is 1. The number of furan rings is 1. The van der Waals surface area contributed by atoms with E-state index in [-0.39, 0.29) is 5.91 Å². The number of nitrogens with one attached hydrogen (secondary N) is 1. The molecule has 0 unspecified atom stereocenters. The standard InChI is InChI=1S/C19H20N4O2/c24-18(9-8-15-5-3-14-25-15)22-10-4-11-23(13-12-22)19-20-16-6-1-2-7-17(16)21-19/h1-3,5-9,14H,4,10-13H2,(H,20,21). The molecule has 0 spiro atoms. The van der Waals surface area contributed by atoms with Crippen LogP contribution >= 0.6 is 0 Å². The molecule has 0 atom stereocenters. The summed E-state index contributed by atoms with van der Waals surface area (Å²) in [6, 6.07) is 11.7. The van der Waals surface area contributed by atoms with Crippen LogP contribution in [0.2, 0.25) is 0 Å². The van der Waals surface area contributed by atoms with E-state index >= 15 is 0 Å². The average molecular weight is 336 g/mol. The van der Waals surface area contributed by atoms with Gasteiger partial charge in [0, 0.05) is 32.3 Å². The van der Waals surface area contributed by atoms with Crippen LogP contribution in [0.4, 0.5) is 5.95 Å². The number of anilines is 1. The minimum absolute atomic E-state index is 0.0165. The average Bonchev–Trinajstić information content (AvgIpc) is 3.23. The third-order valence-corrected chi connectivity index (χ3v) is 4.42. The van der Waals surface area contributed by atoms with Crippen LogP contribution in [-0.2, 0) is 4.79 Å². The van der Waals surface area contributed by atoms with Gasteiger partial charge in [0.15, 0.2) is 0 Å². The number of rotatable bonds is 3. The van der Waals surface area contributed by atoms with Crippen molar-refractivity contribution >= 4 is 29.0 Å². The van der Waals surface area contributed by atoms with E-state index in [1.165, 1.54) is 0 Å². The normalized spacial score (nSPS) is 15.8. The maximum Gasteiger partial charge on any atom is 0.246 e. The van der Waals surface area contributed by atoms with Gasteiger partial charge in [-0.3, -0.25) is 4.79 Å². The van der Waals surface area contributed by atoms with Crippen molar-refractivity contribution in [2.45, 2.75) is 6.42 Å². The van der Waals surface area contributed by atoms with Gasteiger partial charge >= 0.3 is 0 Å². The summed E-state index contributed by atoms with van der Waals surface area (Å²) in [6.45, 7) is 3.07. The Morgan fingerprint density at radius 3 is 2.88 bits per heavy atom. The fourth-order valence-electron chi connectivity index (χ4n) is 3.08.